The van der Waals surface area contributed by atoms with Gasteiger partial charge in [0.15, 0.2) is 0 Å². The zero-order valence-electron chi connectivity index (χ0n) is 18.0. The van der Waals surface area contributed by atoms with Gasteiger partial charge in [-0.25, -0.2) is 4.98 Å². The summed E-state index contributed by atoms with van der Waals surface area (Å²) in [5, 5.41) is 0. The smallest absolute Gasteiger partial charge is 0.233 e. The normalized spacial score (nSPS) is 23.5. The van der Waals surface area contributed by atoms with Gasteiger partial charge in [0.1, 0.15) is 11.6 Å². The van der Waals surface area contributed by atoms with E-state index in [1.54, 1.807) is 7.11 Å². The van der Waals surface area contributed by atoms with Crippen molar-refractivity contribution in [3.63, 3.8) is 0 Å². The van der Waals surface area contributed by atoms with Crippen molar-refractivity contribution in [1.29, 1.82) is 0 Å². The monoisotopic (exact) mass is 409 g/mol. The second-order valence-corrected chi connectivity index (χ2v) is 9.02. The molecule has 2 aliphatic heterocycles. The minimum absolute atomic E-state index is 0.292. The Hall–Kier alpha value is -2.34. The van der Waals surface area contributed by atoms with Gasteiger partial charge >= 0.3 is 0 Å². The number of aromatic nitrogens is 2. The summed E-state index contributed by atoms with van der Waals surface area (Å²) in [6, 6.07) is 8.36. The van der Waals surface area contributed by atoms with Crippen molar-refractivity contribution in [3.8, 4) is 5.75 Å². The summed E-state index contributed by atoms with van der Waals surface area (Å²) in [6.07, 6.45) is 6.94. The van der Waals surface area contributed by atoms with E-state index in [4.69, 9.17) is 14.5 Å². The molecule has 1 atom stereocenters. The molecule has 30 heavy (non-hydrogen) atoms. The first-order chi connectivity index (χ1) is 14.6. The standard InChI is InChI=1S/C24H31N3O3/c1-17-15-25-22(18-8-13-30-14-9-18)27(17)20-7-12-26(16-20)23(28)24(10-11-24)19-3-5-21(29-2)6-4-19/h3-6,15,18,20H,7-14,16H2,1-2H3. The first kappa shape index (κ1) is 19.6. The molecule has 3 fully saturated rings. The lowest BCUT2D eigenvalue weighted by atomic mass is 9.94. The predicted molar refractivity (Wildman–Crippen MR) is 114 cm³/mol. The number of imidazole rings is 1. The van der Waals surface area contributed by atoms with Gasteiger partial charge in [0.2, 0.25) is 5.91 Å². The molecule has 3 heterocycles. The van der Waals surface area contributed by atoms with Crippen molar-refractivity contribution in [1.82, 2.24) is 14.5 Å². The number of carbonyl (C=O) groups is 1. The SMILES string of the molecule is COc1ccc(C2(C(=O)N3CCC(n4c(C)cnc4C4CCOCC4)C3)CC2)cc1. The average molecular weight is 410 g/mol. The number of carbonyl (C=O) groups excluding carboxylic acids is 1. The zero-order chi connectivity index (χ0) is 20.7. The van der Waals surface area contributed by atoms with Gasteiger partial charge < -0.3 is 18.9 Å². The fourth-order valence-electron chi connectivity index (χ4n) is 5.30. The summed E-state index contributed by atoms with van der Waals surface area (Å²) >= 11 is 0. The number of nitrogens with zero attached hydrogens (tertiary/aromatic N) is 3. The molecule has 3 aliphatic rings. The Morgan fingerprint density at radius 3 is 2.57 bits per heavy atom. The third kappa shape index (κ3) is 3.31. The number of methoxy groups -OCH3 is 1. The molecule has 1 aliphatic carbocycles. The molecule has 1 aromatic carbocycles. The molecule has 6 nitrogen and oxygen atoms in total. The number of hydrogen-bond acceptors (Lipinski definition) is 4. The molecule has 1 unspecified atom stereocenters. The van der Waals surface area contributed by atoms with Crippen LogP contribution in [0.25, 0.3) is 0 Å². The molecular formula is C24H31N3O3. The first-order valence-corrected chi connectivity index (χ1v) is 11.2. The largest absolute Gasteiger partial charge is 0.497 e. The third-order valence-corrected chi connectivity index (χ3v) is 7.21. The zero-order valence-corrected chi connectivity index (χ0v) is 18.0. The van der Waals surface area contributed by atoms with Gasteiger partial charge in [-0.15, -0.1) is 0 Å². The Morgan fingerprint density at radius 2 is 1.90 bits per heavy atom. The molecule has 1 aromatic heterocycles. The number of ether oxygens (including phenoxy) is 2. The van der Waals surface area contributed by atoms with Crippen molar-refractivity contribution in [3.05, 3.63) is 47.5 Å². The lowest BCUT2D eigenvalue weighted by Gasteiger charge is -2.27. The molecule has 160 valence electrons. The van der Waals surface area contributed by atoms with Crippen molar-refractivity contribution in [2.24, 2.45) is 0 Å². The van der Waals surface area contributed by atoms with E-state index in [-0.39, 0.29) is 5.41 Å². The van der Waals surface area contributed by atoms with Gasteiger partial charge in [-0.2, -0.15) is 0 Å². The Balaban J connectivity index is 1.33. The number of rotatable bonds is 5. The quantitative estimate of drug-likeness (QED) is 0.757. The maximum Gasteiger partial charge on any atom is 0.233 e. The van der Waals surface area contributed by atoms with Gasteiger partial charge in [-0.3, -0.25) is 4.79 Å². The number of amides is 1. The highest BCUT2D eigenvalue weighted by molar-refractivity contribution is 5.91. The lowest BCUT2D eigenvalue weighted by molar-refractivity contribution is -0.133. The lowest BCUT2D eigenvalue weighted by Crippen LogP contribution is -2.38. The fourth-order valence-corrected chi connectivity index (χ4v) is 5.30. The topological polar surface area (TPSA) is 56.6 Å². The predicted octanol–water partition coefficient (Wildman–Crippen LogP) is 3.60. The van der Waals surface area contributed by atoms with Crippen LogP contribution in [0.3, 0.4) is 0 Å². The van der Waals surface area contributed by atoms with Crippen LogP contribution in [0.5, 0.6) is 5.75 Å². The van der Waals surface area contributed by atoms with Crippen LogP contribution in [0, 0.1) is 6.92 Å². The fraction of sp³-hybridized carbons (Fsp3) is 0.583. The number of hydrogen-bond donors (Lipinski definition) is 0. The Bertz CT molecular complexity index is 910. The average Bonchev–Trinajstić information content (AvgIpc) is 3.30. The molecular weight excluding hydrogens is 378 g/mol. The highest BCUT2D eigenvalue weighted by Gasteiger charge is 2.53. The van der Waals surface area contributed by atoms with Crippen LogP contribution in [0.1, 0.15) is 61.1 Å². The van der Waals surface area contributed by atoms with Gasteiger partial charge in [0, 0.05) is 44.1 Å². The highest BCUT2D eigenvalue weighted by Crippen LogP contribution is 2.50. The van der Waals surface area contributed by atoms with E-state index in [1.165, 1.54) is 11.5 Å². The summed E-state index contributed by atoms with van der Waals surface area (Å²) in [5.74, 6) is 2.78. The van der Waals surface area contributed by atoms with E-state index < -0.39 is 0 Å². The van der Waals surface area contributed by atoms with Gasteiger partial charge in [-0.05, 0) is 56.7 Å². The first-order valence-electron chi connectivity index (χ1n) is 11.2. The molecule has 0 spiro atoms. The summed E-state index contributed by atoms with van der Waals surface area (Å²) in [6.45, 7) is 5.38. The molecule has 2 aromatic rings. The van der Waals surface area contributed by atoms with E-state index in [0.29, 0.717) is 17.9 Å². The number of benzene rings is 1. The maximum atomic E-state index is 13.5. The summed E-state index contributed by atoms with van der Waals surface area (Å²) < 4.78 is 13.2. The third-order valence-electron chi connectivity index (χ3n) is 7.21. The molecule has 6 heteroatoms. The van der Waals surface area contributed by atoms with Crippen LogP contribution in [-0.2, 0) is 14.9 Å². The summed E-state index contributed by atoms with van der Waals surface area (Å²) in [7, 11) is 1.67. The van der Waals surface area contributed by atoms with E-state index >= 15 is 0 Å². The summed E-state index contributed by atoms with van der Waals surface area (Å²) in [4.78, 5) is 20.4. The van der Waals surface area contributed by atoms with Crippen LogP contribution in [0.15, 0.2) is 30.5 Å². The van der Waals surface area contributed by atoms with E-state index in [0.717, 1.165) is 69.7 Å². The molecule has 1 amide bonds. The minimum atomic E-state index is -0.325. The minimum Gasteiger partial charge on any atom is -0.497 e. The van der Waals surface area contributed by atoms with Gasteiger partial charge in [-0.1, -0.05) is 12.1 Å². The van der Waals surface area contributed by atoms with Crippen LogP contribution in [0.4, 0.5) is 0 Å². The van der Waals surface area contributed by atoms with Gasteiger partial charge in [0.05, 0.1) is 18.6 Å². The number of likely N-dealkylation sites (tertiary alicyclic amines) is 1. The summed E-state index contributed by atoms with van der Waals surface area (Å²) in [5.41, 5.74) is 2.00. The van der Waals surface area contributed by atoms with E-state index in [2.05, 4.69) is 28.5 Å². The molecule has 0 bridgehead atoms. The van der Waals surface area contributed by atoms with Crippen LogP contribution < -0.4 is 4.74 Å². The highest BCUT2D eigenvalue weighted by atomic mass is 16.5. The maximum absolute atomic E-state index is 13.5. The van der Waals surface area contributed by atoms with Crippen molar-refractivity contribution in [2.75, 3.05) is 33.4 Å². The van der Waals surface area contributed by atoms with Crippen molar-refractivity contribution in [2.45, 2.75) is 56.4 Å². The van der Waals surface area contributed by atoms with E-state index in [9.17, 15) is 4.79 Å². The van der Waals surface area contributed by atoms with Crippen LogP contribution in [0.2, 0.25) is 0 Å². The van der Waals surface area contributed by atoms with Crippen LogP contribution >= 0.6 is 0 Å². The van der Waals surface area contributed by atoms with Gasteiger partial charge in [0.25, 0.3) is 0 Å². The Labute approximate surface area is 178 Å². The Morgan fingerprint density at radius 1 is 1.17 bits per heavy atom. The van der Waals surface area contributed by atoms with Crippen molar-refractivity contribution >= 4 is 5.91 Å². The Kier molecular flexibility index (Phi) is 5.05. The molecule has 0 N–H and O–H groups in total. The molecule has 5 rings (SSSR count). The second-order valence-electron chi connectivity index (χ2n) is 9.02. The van der Waals surface area contributed by atoms with E-state index in [1.807, 2.05) is 18.3 Å². The molecule has 2 saturated heterocycles. The van der Waals surface area contributed by atoms with Crippen LogP contribution in [-0.4, -0.2) is 53.8 Å². The molecule has 1 saturated carbocycles. The van der Waals surface area contributed by atoms with Crippen molar-refractivity contribution < 1.29 is 14.3 Å². The second kappa shape index (κ2) is 7.73. The molecule has 0 radical (unpaired) electrons. The number of aryl methyl sites for hydroxylation is 1.